The average Bonchev–Trinajstić information content (AvgIpc) is 2.85. The molecule has 1 aliphatic heterocycles. The van der Waals surface area contributed by atoms with Crippen LogP contribution in [0.2, 0.25) is 5.02 Å². The molecule has 0 atom stereocenters. The Balaban J connectivity index is 1.57. The predicted octanol–water partition coefficient (Wildman–Crippen LogP) is 5.45. The number of carbonyl (C=O) groups is 3. The number of amides is 4. The van der Waals surface area contributed by atoms with Gasteiger partial charge in [-0.05, 0) is 77.0 Å². The van der Waals surface area contributed by atoms with Gasteiger partial charge in [-0.15, -0.1) is 0 Å². The van der Waals surface area contributed by atoms with Gasteiger partial charge in [0.25, 0.3) is 11.8 Å². The van der Waals surface area contributed by atoms with E-state index in [4.69, 9.17) is 21.1 Å². The van der Waals surface area contributed by atoms with Crippen LogP contribution in [0.1, 0.15) is 18.1 Å². The highest BCUT2D eigenvalue weighted by Gasteiger charge is 2.36. The van der Waals surface area contributed by atoms with Gasteiger partial charge >= 0.3 is 6.03 Å². The molecule has 36 heavy (non-hydrogen) atoms. The number of aromatic hydroxyl groups is 1. The number of benzene rings is 3. The van der Waals surface area contributed by atoms with Gasteiger partial charge in [-0.3, -0.25) is 14.9 Å². The highest BCUT2D eigenvalue weighted by Crippen LogP contribution is 2.36. The van der Waals surface area contributed by atoms with Crippen LogP contribution in [0, 0.1) is 0 Å². The molecule has 2 N–H and O–H groups in total. The molecule has 3 aromatic carbocycles. The lowest BCUT2D eigenvalue weighted by Crippen LogP contribution is -2.54. The van der Waals surface area contributed by atoms with Crippen LogP contribution in [0.3, 0.4) is 0 Å². The Labute approximate surface area is 220 Å². The van der Waals surface area contributed by atoms with Crippen LogP contribution in [0.15, 0.2) is 70.7 Å². The van der Waals surface area contributed by atoms with Crippen molar-refractivity contribution in [1.82, 2.24) is 5.32 Å². The molecular formula is C26H20BrClN2O6. The number of phenolic OH excluding ortho intramolecular Hbond substituents is 1. The summed E-state index contributed by atoms with van der Waals surface area (Å²) in [6, 6.07) is 15.7. The Kier molecular flexibility index (Phi) is 7.61. The summed E-state index contributed by atoms with van der Waals surface area (Å²) < 4.78 is 11.5. The molecule has 1 heterocycles. The topological polar surface area (TPSA) is 105 Å². The van der Waals surface area contributed by atoms with Crippen LogP contribution >= 0.6 is 27.5 Å². The Hall–Kier alpha value is -3.82. The molecule has 10 heteroatoms. The van der Waals surface area contributed by atoms with E-state index in [-0.39, 0.29) is 29.4 Å². The van der Waals surface area contributed by atoms with Crippen molar-refractivity contribution in [2.75, 3.05) is 11.5 Å². The van der Waals surface area contributed by atoms with Crippen molar-refractivity contribution in [2.45, 2.75) is 13.5 Å². The molecular weight excluding hydrogens is 552 g/mol. The molecule has 0 aromatic heterocycles. The third-order valence-corrected chi connectivity index (χ3v) is 6.18. The molecule has 0 spiro atoms. The highest BCUT2D eigenvalue weighted by atomic mass is 79.9. The quantitative estimate of drug-likeness (QED) is 0.289. The van der Waals surface area contributed by atoms with Crippen molar-refractivity contribution in [3.05, 3.63) is 86.9 Å². The van der Waals surface area contributed by atoms with Crippen molar-refractivity contribution in [1.29, 1.82) is 0 Å². The van der Waals surface area contributed by atoms with Crippen molar-refractivity contribution in [2.24, 2.45) is 0 Å². The highest BCUT2D eigenvalue weighted by molar-refractivity contribution is 9.10. The van der Waals surface area contributed by atoms with Crippen LogP contribution in [0.25, 0.3) is 6.08 Å². The van der Waals surface area contributed by atoms with Crippen LogP contribution in [-0.4, -0.2) is 29.6 Å². The number of rotatable bonds is 7. The lowest BCUT2D eigenvalue weighted by molar-refractivity contribution is -0.122. The van der Waals surface area contributed by atoms with Gasteiger partial charge in [-0.25, -0.2) is 9.69 Å². The van der Waals surface area contributed by atoms with Gasteiger partial charge in [-0.2, -0.15) is 0 Å². The van der Waals surface area contributed by atoms with Gasteiger partial charge in [0.15, 0.2) is 11.5 Å². The number of imide groups is 2. The molecule has 1 saturated heterocycles. The second-order valence-electron chi connectivity index (χ2n) is 7.61. The van der Waals surface area contributed by atoms with Crippen LogP contribution in [0.5, 0.6) is 17.2 Å². The van der Waals surface area contributed by atoms with Crippen molar-refractivity contribution < 1.29 is 29.0 Å². The summed E-state index contributed by atoms with van der Waals surface area (Å²) in [6.07, 6.45) is 1.32. The number of ether oxygens (including phenoxy) is 2. The summed E-state index contributed by atoms with van der Waals surface area (Å²) in [5.41, 5.74) is 1.23. The van der Waals surface area contributed by atoms with Gasteiger partial charge < -0.3 is 14.6 Å². The molecule has 8 nitrogen and oxygen atoms in total. The van der Waals surface area contributed by atoms with Gasteiger partial charge in [0.2, 0.25) is 0 Å². The van der Waals surface area contributed by atoms with E-state index in [9.17, 15) is 19.5 Å². The summed E-state index contributed by atoms with van der Waals surface area (Å²) in [5, 5.41) is 12.9. The van der Waals surface area contributed by atoms with Crippen molar-refractivity contribution in [3.8, 4) is 17.2 Å². The first-order chi connectivity index (χ1) is 17.3. The van der Waals surface area contributed by atoms with E-state index < -0.39 is 17.8 Å². The maximum absolute atomic E-state index is 13.2. The fraction of sp³-hybridized carbons (Fsp3) is 0.115. The summed E-state index contributed by atoms with van der Waals surface area (Å²) >= 11 is 9.38. The van der Waals surface area contributed by atoms with Gasteiger partial charge in [-0.1, -0.05) is 29.8 Å². The van der Waals surface area contributed by atoms with E-state index in [0.29, 0.717) is 27.4 Å². The average molecular weight is 572 g/mol. The van der Waals surface area contributed by atoms with Gasteiger partial charge in [0.05, 0.1) is 16.8 Å². The lowest BCUT2D eigenvalue weighted by atomic mass is 10.1. The van der Waals surface area contributed by atoms with E-state index in [2.05, 4.69) is 21.2 Å². The maximum Gasteiger partial charge on any atom is 0.335 e. The Bertz CT molecular complexity index is 1370. The Morgan fingerprint density at radius 1 is 1.06 bits per heavy atom. The molecule has 0 unspecified atom stereocenters. The maximum atomic E-state index is 13.2. The van der Waals surface area contributed by atoms with Crippen molar-refractivity contribution in [3.63, 3.8) is 0 Å². The molecule has 1 aliphatic rings. The molecule has 184 valence electrons. The van der Waals surface area contributed by atoms with E-state index in [1.54, 1.807) is 25.1 Å². The summed E-state index contributed by atoms with van der Waals surface area (Å²) in [5.74, 6) is -1.04. The van der Waals surface area contributed by atoms with E-state index in [1.165, 1.54) is 30.3 Å². The Morgan fingerprint density at radius 3 is 2.47 bits per heavy atom. The molecule has 0 bridgehead atoms. The molecule has 0 saturated carbocycles. The second-order valence-corrected chi connectivity index (χ2v) is 8.88. The SMILES string of the molecule is CCOc1cc(/C=C2\C(=O)NC(=O)N(c3ccc(OCc4ccccc4Cl)cc3)C2=O)cc(Br)c1O. The smallest absolute Gasteiger partial charge is 0.335 e. The molecule has 1 fully saturated rings. The first kappa shape index (κ1) is 25.3. The second kappa shape index (κ2) is 10.8. The zero-order valence-electron chi connectivity index (χ0n) is 19.0. The number of barbiturate groups is 1. The molecule has 4 rings (SSSR count). The molecule has 0 aliphatic carbocycles. The van der Waals surface area contributed by atoms with Gasteiger partial charge in [0, 0.05) is 10.6 Å². The number of halogens is 2. The summed E-state index contributed by atoms with van der Waals surface area (Å²) in [6.45, 7) is 2.31. The van der Waals surface area contributed by atoms with Crippen LogP contribution in [-0.2, 0) is 16.2 Å². The third kappa shape index (κ3) is 5.37. The third-order valence-electron chi connectivity index (χ3n) is 5.21. The standard InChI is InChI=1S/C26H20BrClN2O6/c1-2-35-22-13-15(12-20(27)23(22)31)11-19-24(32)29-26(34)30(25(19)33)17-7-9-18(10-8-17)36-14-16-5-3-4-6-21(16)28/h3-13,31H,2,14H2,1H3,(H,29,32,34)/b19-11+. The number of phenols is 1. The number of nitrogens with zero attached hydrogens (tertiary/aromatic N) is 1. The fourth-order valence-electron chi connectivity index (χ4n) is 3.47. The minimum absolute atomic E-state index is 0.105. The number of urea groups is 1. The number of nitrogens with one attached hydrogen (secondary N) is 1. The first-order valence-corrected chi connectivity index (χ1v) is 12.0. The summed E-state index contributed by atoms with van der Waals surface area (Å²) in [7, 11) is 0. The number of anilines is 1. The largest absolute Gasteiger partial charge is 0.503 e. The van der Waals surface area contributed by atoms with Crippen molar-refractivity contribution >= 4 is 57.1 Å². The molecule has 3 aromatic rings. The van der Waals surface area contributed by atoms with Crippen LogP contribution < -0.4 is 19.7 Å². The minimum Gasteiger partial charge on any atom is -0.503 e. The normalized spacial score (nSPS) is 14.7. The zero-order valence-corrected chi connectivity index (χ0v) is 21.3. The first-order valence-electron chi connectivity index (χ1n) is 10.8. The number of hydrogen-bond acceptors (Lipinski definition) is 6. The summed E-state index contributed by atoms with van der Waals surface area (Å²) in [4.78, 5) is 39.1. The molecule has 4 amide bonds. The zero-order chi connectivity index (χ0) is 25.8. The van der Waals surface area contributed by atoms with E-state index in [0.717, 1.165) is 10.5 Å². The Morgan fingerprint density at radius 2 is 1.78 bits per heavy atom. The van der Waals surface area contributed by atoms with E-state index in [1.807, 2.05) is 18.2 Å². The molecule has 0 radical (unpaired) electrons. The van der Waals surface area contributed by atoms with Gasteiger partial charge in [0.1, 0.15) is 17.9 Å². The van der Waals surface area contributed by atoms with E-state index >= 15 is 0 Å². The minimum atomic E-state index is -0.867. The predicted molar refractivity (Wildman–Crippen MR) is 138 cm³/mol. The lowest BCUT2D eigenvalue weighted by Gasteiger charge is -2.26. The number of carbonyl (C=O) groups excluding carboxylic acids is 3. The monoisotopic (exact) mass is 570 g/mol. The fourth-order valence-corrected chi connectivity index (χ4v) is 4.12. The van der Waals surface area contributed by atoms with Crippen LogP contribution in [0.4, 0.5) is 10.5 Å². The number of hydrogen-bond donors (Lipinski definition) is 2.